The average molecular weight is 746 g/mol. The van der Waals surface area contributed by atoms with Crippen molar-refractivity contribution >= 4 is 56.6 Å². The van der Waals surface area contributed by atoms with E-state index >= 15 is 0 Å². The zero-order valence-electron chi connectivity index (χ0n) is 28.9. The third kappa shape index (κ3) is 6.50. The van der Waals surface area contributed by atoms with Gasteiger partial charge in [-0.1, -0.05) is 180 Å². The van der Waals surface area contributed by atoms with Gasteiger partial charge in [0.2, 0.25) is 0 Å². The summed E-state index contributed by atoms with van der Waals surface area (Å²) in [6, 6.07) is 57.1. The summed E-state index contributed by atoms with van der Waals surface area (Å²) in [5.41, 5.74) is 17.3. The van der Waals surface area contributed by atoms with Crippen molar-refractivity contribution in [2.75, 3.05) is 0 Å². The van der Waals surface area contributed by atoms with Gasteiger partial charge in [0.1, 0.15) is 0 Å². The van der Waals surface area contributed by atoms with Crippen molar-refractivity contribution in [1.29, 1.82) is 0 Å². The number of alkyl halides is 3. The fraction of sp³-hybridized carbons (Fsp3) is 0.125. The molecule has 0 spiro atoms. The first kappa shape index (κ1) is 33.8. The monoisotopic (exact) mass is 744 g/mol. The Morgan fingerprint density at radius 1 is 0.415 bits per heavy atom. The molecule has 0 amide bonds. The SMILES string of the molecule is ClC(Cl)Cl.c1ccc(-c2ccc(-c3ccccc3)c3nc4c(cc23)C[C@H]2C[C@@H]4Cc3cc4c(-c5ccccc5)ccc(-c5ccccc5)c4nc32)cc1. The van der Waals surface area contributed by atoms with Gasteiger partial charge in [-0.2, -0.15) is 0 Å². The van der Waals surface area contributed by atoms with Crippen molar-refractivity contribution in [3.05, 3.63) is 180 Å². The van der Waals surface area contributed by atoms with E-state index in [2.05, 4.69) is 158 Å². The van der Waals surface area contributed by atoms with Crippen LogP contribution in [-0.4, -0.2) is 14.3 Å². The van der Waals surface area contributed by atoms with Gasteiger partial charge in [0.05, 0.1) is 11.0 Å². The first-order valence-corrected chi connectivity index (χ1v) is 19.4. The Bertz CT molecular complexity index is 2390. The highest BCUT2D eigenvalue weighted by atomic mass is 35.6. The molecular weight excluding hydrogens is 711 g/mol. The van der Waals surface area contributed by atoms with Gasteiger partial charge < -0.3 is 0 Å². The molecule has 6 aromatic carbocycles. The molecule has 2 atom stereocenters. The molecule has 53 heavy (non-hydrogen) atoms. The summed E-state index contributed by atoms with van der Waals surface area (Å²) >= 11 is 14.4. The van der Waals surface area contributed by atoms with Gasteiger partial charge in [0, 0.05) is 45.1 Å². The molecule has 2 bridgehead atoms. The Labute approximate surface area is 325 Å². The summed E-state index contributed by atoms with van der Waals surface area (Å²) in [5.74, 6) is 0.734. The Kier molecular flexibility index (Phi) is 9.22. The minimum absolute atomic E-state index is 0.367. The van der Waals surface area contributed by atoms with Crippen LogP contribution in [0.1, 0.15) is 40.8 Å². The Balaban J connectivity index is 0.000000888. The van der Waals surface area contributed by atoms with E-state index in [-0.39, 0.29) is 0 Å². The smallest absolute Gasteiger partial charge is 0.180 e. The van der Waals surface area contributed by atoms with Crippen molar-refractivity contribution in [1.82, 2.24) is 9.97 Å². The summed E-state index contributed by atoms with van der Waals surface area (Å²) in [7, 11) is 0. The molecule has 0 saturated heterocycles. The number of aromatic nitrogens is 2. The molecule has 0 N–H and O–H groups in total. The van der Waals surface area contributed by atoms with Gasteiger partial charge in [0.15, 0.2) is 4.30 Å². The van der Waals surface area contributed by atoms with Crippen molar-refractivity contribution in [3.63, 3.8) is 0 Å². The first-order chi connectivity index (χ1) is 26.0. The number of pyridine rings is 2. The zero-order valence-corrected chi connectivity index (χ0v) is 31.2. The van der Waals surface area contributed by atoms with Gasteiger partial charge in [-0.15, -0.1) is 0 Å². The maximum atomic E-state index is 5.63. The molecule has 2 nitrogen and oxygen atoms in total. The number of fused-ring (bicyclic) bond motifs is 8. The van der Waals surface area contributed by atoms with Crippen LogP contribution in [0.15, 0.2) is 158 Å². The second-order valence-electron chi connectivity index (χ2n) is 13.9. The third-order valence-electron chi connectivity index (χ3n) is 10.8. The maximum Gasteiger partial charge on any atom is 0.180 e. The minimum atomic E-state index is -0.750. The molecule has 10 rings (SSSR count). The molecule has 2 aromatic heterocycles. The van der Waals surface area contributed by atoms with Crippen LogP contribution >= 0.6 is 34.8 Å². The lowest BCUT2D eigenvalue weighted by Crippen LogP contribution is -2.27. The zero-order chi connectivity index (χ0) is 35.9. The molecule has 258 valence electrons. The molecule has 0 saturated carbocycles. The number of halogens is 3. The van der Waals surface area contributed by atoms with E-state index in [1.165, 1.54) is 77.8 Å². The lowest BCUT2D eigenvalue weighted by atomic mass is 9.69. The quantitative estimate of drug-likeness (QED) is 0.168. The van der Waals surface area contributed by atoms with E-state index in [9.17, 15) is 0 Å². The standard InChI is InChI=1S/C47H34N2.CHCl3/c1-5-13-30(14-6-1)38-21-23-40(32-17-9-3-10-18-32)46-42(38)28-36-26-34-25-35(44(36)48-46)27-37-29-43-39(31-15-7-2-8-16-31)22-24-41(47(43)49-45(34)37)33-19-11-4-12-20-33;2-1(3)4/h1-24,28-29,34-35H,25-27H2;1H/t34-,35-;/m1./s1. The number of hydrogen-bond acceptors (Lipinski definition) is 2. The summed E-state index contributed by atoms with van der Waals surface area (Å²) in [4.78, 5) is 11.3. The highest BCUT2D eigenvalue weighted by molar-refractivity contribution is 6.63. The van der Waals surface area contributed by atoms with Gasteiger partial charge in [-0.05, 0) is 75.9 Å². The molecule has 0 unspecified atom stereocenters. The van der Waals surface area contributed by atoms with E-state index in [0.717, 1.165) is 30.3 Å². The first-order valence-electron chi connectivity index (χ1n) is 18.1. The van der Waals surface area contributed by atoms with Crippen LogP contribution in [0.2, 0.25) is 0 Å². The fourth-order valence-electron chi connectivity index (χ4n) is 8.56. The fourth-order valence-corrected chi connectivity index (χ4v) is 8.56. The number of benzene rings is 6. The van der Waals surface area contributed by atoms with Crippen LogP contribution in [0.5, 0.6) is 0 Å². The van der Waals surface area contributed by atoms with E-state index in [0.29, 0.717) is 11.8 Å². The Hall–Kier alpha value is -4.99. The van der Waals surface area contributed by atoms with Gasteiger partial charge in [-0.25, -0.2) is 0 Å². The molecule has 2 aliphatic rings. The molecule has 0 radical (unpaired) electrons. The average Bonchev–Trinajstić information content (AvgIpc) is 3.20. The summed E-state index contributed by atoms with van der Waals surface area (Å²) in [5, 5.41) is 2.47. The second kappa shape index (κ2) is 14.4. The molecule has 0 aliphatic heterocycles. The summed E-state index contributed by atoms with van der Waals surface area (Å²) in [6.45, 7) is 0. The lowest BCUT2D eigenvalue weighted by molar-refractivity contribution is 0.441. The maximum absolute atomic E-state index is 5.63. The van der Waals surface area contributed by atoms with Crippen LogP contribution in [0.4, 0.5) is 0 Å². The van der Waals surface area contributed by atoms with Crippen LogP contribution < -0.4 is 0 Å². The molecule has 0 fully saturated rings. The van der Waals surface area contributed by atoms with Crippen molar-refractivity contribution < 1.29 is 0 Å². The molecular formula is C48H35Cl3N2. The van der Waals surface area contributed by atoms with Gasteiger partial charge in [0.25, 0.3) is 0 Å². The highest BCUT2D eigenvalue weighted by Crippen LogP contribution is 2.49. The number of nitrogens with zero attached hydrogens (tertiary/aromatic N) is 2. The third-order valence-corrected chi connectivity index (χ3v) is 10.8. The largest absolute Gasteiger partial charge is 0.252 e. The second-order valence-corrected chi connectivity index (χ2v) is 15.9. The van der Waals surface area contributed by atoms with E-state index in [1.807, 2.05) is 0 Å². The van der Waals surface area contributed by atoms with E-state index < -0.39 is 4.30 Å². The molecule has 8 aromatic rings. The number of hydrogen-bond donors (Lipinski definition) is 0. The number of rotatable bonds is 4. The predicted molar refractivity (Wildman–Crippen MR) is 224 cm³/mol. The predicted octanol–water partition coefficient (Wildman–Crippen LogP) is 13.8. The van der Waals surface area contributed by atoms with Crippen LogP contribution in [0, 0.1) is 0 Å². The lowest BCUT2D eigenvalue weighted by Gasteiger charge is -2.37. The summed E-state index contributed by atoms with van der Waals surface area (Å²) < 4.78 is -0.750. The van der Waals surface area contributed by atoms with E-state index in [4.69, 9.17) is 44.8 Å². The summed E-state index contributed by atoms with van der Waals surface area (Å²) in [6.07, 6.45) is 3.02. The highest BCUT2D eigenvalue weighted by Gasteiger charge is 2.37. The van der Waals surface area contributed by atoms with Crippen molar-refractivity contribution in [2.24, 2.45) is 0 Å². The van der Waals surface area contributed by atoms with Crippen molar-refractivity contribution in [2.45, 2.75) is 35.4 Å². The van der Waals surface area contributed by atoms with Crippen molar-refractivity contribution in [3.8, 4) is 44.5 Å². The van der Waals surface area contributed by atoms with Gasteiger partial charge >= 0.3 is 0 Å². The Morgan fingerprint density at radius 2 is 0.717 bits per heavy atom. The normalized spacial score (nSPS) is 15.8. The van der Waals surface area contributed by atoms with Crippen LogP contribution in [0.3, 0.4) is 0 Å². The Morgan fingerprint density at radius 3 is 1.06 bits per heavy atom. The topological polar surface area (TPSA) is 25.8 Å². The van der Waals surface area contributed by atoms with Crippen LogP contribution in [-0.2, 0) is 12.8 Å². The van der Waals surface area contributed by atoms with Crippen LogP contribution in [0.25, 0.3) is 66.3 Å². The minimum Gasteiger partial charge on any atom is -0.252 e. The molecule has 2 heterocycles. The van der Waals surface area contributed by atoms with Gasteiger partial charge in [-0.3, -0.25) is 9.97 Å². The molecule has 2 aliphatic carbocycles. The van der Waals surface area contributed by atoms with E-state index in [1.54, 1.807) is 0 Å². The molecule has 5 heteroatoms.